The number of aryl methyl sites for hydroxylation is 1. The zero-order chi connectivity index (χ0) is 18.4. The van der Waals surface area contributed by atoms with E-state index in [-0.39, 0.29) is 11.8 Å². The van der Waals surface area contributed by atoms with Gasteiger partial charge in [-0.2, -0.15) is 9.61 Å². The molecule has 0 saturated heterocycles. The van der Waals surface area contributed by atoms with Crippen molar-refractivity contribution >= 4 is 22.8 Å². The van der Waals surface area contributed by atoms with Crippen molar-refractivity contribution in [3.63, 3.8) is 0 Å². The smallest absolute Gasteiger partial charge is 0.240 e. The highest BCUT2D eigenvalue weighted by atomic mass is 35.5. The molecule has 4 heterocycles. The van der Waals surface area contributed by atoms with Gasteiger partial charge >= 0.3 is 0 Å². The van der Waals surface area contributed by atoms with Gasteiger partial charge in [0.25, 0.3) is 0 Å². The summed E-state index contributed by atoms with van der Waals surface area (Å²) in [5, 5.41) is 20.9. The fourth-order valence-electron chi connectivity index (χ4n) is 2.60. The third-order valence-electron chi connectivity index (χ3n) is 4.08. The van der Waals surface area contributed by atoms with Gasteiger partial charge in [0, 0.05) is 18.7 Å². The number of aromatic nitrogens is 8. The standard InChI is InChI=1S/C16H11ClN8O2/c1-24-14(18-8-19-24)7-26-16-10(9-3-2-4-9)5-13-20-21-15(25(13)22-16)11-6-12(17)27-23-11/h2-6,8H,7H2,1H3. The summed E-state index contributed by atoms with van der Waals surface area (Å²) in [6, 6.07) is 3.40. The van der Waals surface area contributed by atoms with Crippen molar-refractivity contribution in [2.24, 2.45) is 7.05 Å². The van der Waals surface area contributed by atoms with Gasteiger partial charge < -0.3 is 9.26 Å². The number of nitrogens with zero attached hydrogens (tertiary/aromatic N) is 8. The van der Waals surface area contributed by atoms with E-state index >= 15 is 0 Å². The van der Waals surface area contributed by atoms with Crippen molar-refractivity contribution in [2.75, 3.05) is 0 Å². The first-order valence-corrected chi connectivity index (χ1v) is 8.30. The van der Waals surface area contributed by atoms with Crippen molar-refractivity contribution < 1.29 is 9.26 Å². The molecule has 0 aliphatic heterocycles. The number of ether oxygens (including phenoxy) is 1. The van der Waals surface area contributed by atoms with Gasteiger partial charge in [0.15, 0.2) is 17.2 Å². The number of fused-ring (bicyclic) bond motifs is 1. The third kappa shape index (κ3) is 2.66. The van der Waals surface area contributed by atoms with E-state index in [1.165, 1.54) is 10.8 Å². The second-order valence-corrected chi connectivity index (χ2v) is 6.12. The summed E-state index contributed by atoms with van der Waals surface area (Å²) in [7, 11) is 1.80. The van der Waals surface area contributed by atoms with Gasteiger partial charge in [-0.1, -0.05) is 23.4 Å². The Morgan fingerprint density at radius 1 is 1.26 bits per heavy atom. The van der Waals surface area contributed by atoms with E-state index in [0.717, 1.165) is 11.1 Å². The van der Waals surface area contributed by atoms with E-state index in [9.17, 15) is 0 Å². The Labute approximate surface area is 156 Å². The van der Waals surface area contributed by atoms with Crippen molar-refractivity contribution in [1.82, 2.24) is 39.7 Å². The molecule has 27 heavy (non-hydrogen) atoms. The molecule has 1 aliphatic carbocycles. The molecule has 0 amide bonds. The normalized spacial score (nSPS) is 13.0. The highest BCUT2D eigenvalue weighted by molar-refractivity contribution is 6.29. The predicted octanol–water partition coefficient (Wildman–Crippen LogP) is 2.09. The maximum Gasteiger partial charge on any atom is 0.240 e. The molecule has 0 fully saturated rings. The molecule has 0 bridgehead atoms. The quantitative estimate of drug-likeness (QED) is 0.516. The minimum Gasteiger partial charge on any atom is -0.468 e. The van der Waals surface area contributed by atoms with Gasteiger partial charge in [-0.25, -0.2) is 4.98 Å². The summed E-state index contributed by atoms with van der Waals surface area (Å²) in [4.78, 5) is 4.16. The molecule has 1 aliphatic rings. The minimum atomic E-state index is 0.155. The van der Waals surface area contributed by atoms with Gasteiger partial charge in [0.1, 0.15) is 12.9 Å². The molecule has 4 aromatic rings. The molecule has 10 nitrogen and oxygen atoms in total. The van der Waals surface area contributed by atoms with Crippen LogP contribution < -0.4 is 4.74 Å². The molecule has 0 atom stereocenters. The Kier molecular flexibility index (Phi) is 3.50. The molecule has 0 saturated carbocycles. The van der Waals surface area contributed by atoms with Crippen molar-refractivity contribution in [1.29, 1.82) is 0 Å². The van der Waals surface area contributed by atoms with Crippen LogP contribution in [-0.2, 0) is 13.7 Å². The van der Waals surface area contributed by atoms with Crippen LogP contribution in [0, 0.1) is 0 Å². The third-order valence-corrected chi connectivity index (χ3v) is 4.25. The van der Waals surface area contributed by atoms with Crippen LogP contribution in [0.5, 0.6) is 5.88 Å². The van der Waals surface area contributed by atoms with Gasteiger partial charge in [0.05, 0.1) is 0 Å². The van der Waals surface area contributed by atoms with Crippen LogP contribution in [0.4, 0.5) is 0 Å². The molecule has 0 spiro atoms. The fourth-order valence-corrected chi connectivity index (χ4v) is 2.74. The second-order valence-electron chi connectivity index (χ2n) is 5.74. The van der Waals surface area contributed by atoms with Crippen LogP contribution in [0.25, 0.3) is 22.7 Å². The van der Waals surface area contributed by atoms with Crippen LogP contribution in [-0.4, -0.2) is 39.7 Å². The average molecular weight is 383 g/mol. The topological polar surface area (TPSA) is 109 Å². The molecule has 4 aromatic heterocycles. The molecule has 11 heteroatoms. The number of hydrogen-bond donors (Lipinski definition) is 0. The zero-order valence-corrected chi connectivity index (χ0v) is 14.7. The number of allylic oxidation sites excluding steroid dienone is 4. The van der Waals surface area contributed by atoms with E-state index < -0.39 is 0 Å². The van der Waals surface area contributed by atoms with Gasteiger partial charge in [0.2, 0.25) is 16.9 Å². The predicted molar refractivity (Wildman–Crippen MR) is 93.7 cm³/mol. The van der Waals surface area contributed by atoms with Crippen LogP contribution >= 0.6 is 11.6 Å². The van der Waals surface area contributed by atoms with E-state index in [1.807, 2.05) is 24.3 Å². The summed E-state index contributed by atoms with van der Waals surface area (Å²) >= 11 is 5.81. The number of halogens is 1. The first-order valence-electron chi connectivity index (χ1n) is 7.92. The molecule has 0 radical (unpaired) electrons. The summed E-state index contributed by atoms with van der Waals surface area (Å²) in [5.41, 5.74) is 2.78. The first kappa shape index (κ1) is 15.7. The summed E-state index contributed by atoms with van der Waals surface area (Å²) < 4.78 is 14.0. The summed E-state index contributed by atoms with van der Waals surface area (Å²) in [6.07, 6.45) is 7.35. The molecule has 0 aromatic carbocycles. The zero-order valence-electron chi connectivity index (χ0n) is 13.9. The average Bonchev–Trinajstić information content (AvgIpc) is 3.31. The van der Waals surface area contributed by atoms with E-state index in [0.29, 0.717) is 28.9 Å². The molecule has 0 unspecified atom stereocenters. The lowest BCUT2D eigenvalue weighted by Crippen LogP contribution is -2.09. The van der Waals surface area contributed by atoms with E-state index in [4.69, 9.17) is 20.9 Å². The van der Waals surface area contributed by atoms with Crippen molar-refractivity contribution in [3.05, 3.63) is 53.3 Å². The minimum absolute atomic E-state index is 0.155. The Hall–Kier alpha value is -3.53. The molecule has 0 N–H and O–H groups in total. The van der Waals surface area contributed by atoms with Crippen LogP contribution in [0.3, 0.4) is 0 Å². The lowest BCUT2D eigenvalue weighted by Gasteiger charge is -2.13. The Bertz CT molecular complexity index is 1220. The molecule has 5 rings (SSSR count). The highest BCUT2D eigenvalue weighted by Crippen LogP contribution is 2.31. The first-order chi connectivity index (χ1) is 13.2. The fraction of sp³-hybridized carbons (Fsp3) is 0.125. The monoisotopic (exact) mass is 382 g/mol. The van der Waals surface area contributed by atoms with Crippen LogP contribution in [0.15, 0.2) is 41.2 Å². The maximum absolute atomic E-state index is 5.94. The number of hydrogen-bond acceptors (Lipinski definition) is 8. The SMILES string of the molecule is Cn1ncnc1COc1nn2c(-c3cc(Cl)on3)nnc2cc1C1=CC=C1. The van der Waals surface area contributed by atoms with E-state index in [1.54, 1.807) is 17.8 Å². The maximum atomic E-state index is 5.94. The van der Waals surface area contributed by atoms with E-state index in [2.05, 4.69) is 30.5 Å². The van der Waals surface area contributed by atoms with Crippen LogP contribution in [0.1, 0.15) is 11.4 Å². The Morgan fingerprint density at radius 3 is 2.81 bits per heavy atom. The largest absolute Gasteiger partial charge is 0.468 e. The van der Waals surface area contributed by atoms with Crippen LogP contribution in [0.2, 0.25) is 5.22 Å². The lowest BCUT2D eigenvalue weighted by atomic mass is 10.0. The van der Waals surface area contributed by atoms with Crippen molar-refractivity contribution in [2.45, 2.75) is 6.61 Å². The summed E-state index contributed by atoms with van der Waals surface area (Å²) in [5.74, 6) is 1.49. The van der Waals surface area contributed by atoms with Gasteiger partial charge in [-0.3, -0.25) is 4.68 Å². The van der Waals surface area contributed by atoms with Crippen molar-refractivity contribution in [3.8, 4) is 17.4 Å². The highest BCUT2D eigenvalue weighted by Gasteiger charge is 2.20. The molecular weight excluding hydrogens is 372 g/mol. The molecule has 134 valence electrons. The second kappa shape index (κ2) is 6.02. The lowest BCUT2D eigenvalue weighted by molar-refractivity contribution is 0.273. The summed E-state index contributed by atoms with van der Waals surface area (Å²) in [6.45, 7) is 0.215. The Balaban J connectivity index is 1.59. The Morgan fingerprint density at radius 2 is 2.15 bits per heavy atom. The van der Waals surface area contributed by atoms with Gasteiger partial charge in [-0.05, 0) is 23.2 Å². The van der Waals surface area contributed by atoms with Gasteiger partial charge in [-0.15, -0.1) is 15.3 Å². The molecular formula is C16H11ClN8O2. The number of rotatable bonds is 5.